The number of hydrogen-bond donors (Lipinski definition) is 0. The first-order valence-electron chi connectivity index (χ1n) is 17.0. The Balaban J connectivity index is 1.47. The van der Waals surface area contributed by atoms with E-state index in [1.165, 1.54) is 43.8 Å². The normalized spacial score (nSPS) is 11.6. The highest BCUT2D eigenvalue weighted by molar-refractivity contribution is 6.12. The molecule has 0 aliphatic heterocycles. The summed E-state index contributed by atoms with van der Waals surface area (Å²) >= 11 is 0. The summed E-state index contributed by atoms with van der Waals surface area (Å²) in [6.07, 6.45) is 1.85. The summed E-state index contributed by atoms with van der Waals surface area (Å²) in [5, 5.41) is 16.0. The molecule has 0 amide bonds. The van der Waals surface area contributed by atoms with Crippen molar-refractivity contribution in [2.75, 3.05) is 0 Å². The lowest BCUT2D eigenvalue weighted by molar-refractivity contribution is 1.12. The van der Waals surface area contributed by atoms with Crippen molar-refractivity contribution in [3.05, 3.63) is 161 Å². The molecular formula is C46H34N4. The Morgan fingerprint density at radius 3 is 1.34 bits per heavy atom. The summed E-state index contributed by atoms with van der Waals surface area (Å²) in [7, 11) is 0. The van der Waals surface area contributed by atoms with Crippen LogP contribution in [0.15, 0.2) is 134 Å². The fourth-order valence-electron chi connectivity index (χ4n) is 7.72. The number of hydrogen-bond acceptors (Lipinski definition) is 2. The number of benzene rings is 6. The summed E-state index contributed by atoms with van der Waals surface area (Å²) in [5.41, 5.74) is 15.3. The van der Waals surface area contributed by atoms with Crippen molar-refractivity contribution in [1.82, 2.24) is 14.1 Å². The van der Waals surface area contributed by atoms with Crippen LogP contribution >= 0.6 is 0 Å². The molecular weight excluding hydrogens is 609 g/mol. The lowest BCUT2D eigenvalue weighted by atomic mass is 9.96. The molecule has 0 unspecified atom stereocenters. The van der Waals surface area contributed by atoms with Gasteiger partial charge in [0, 0.05) is 38.9 Å². The summed E-state index contributed by atoms with van der Waals surface area (Å²) in [4.78, 5) is 4.91. The van der Waals surface area contributed by atoms with Crippen molar-refractivity contribution in [1.29, 1.82) is 5.26 Å². The van der Waals surface area contributed by atoms with E-state index in [2.05, 4.69) is 146 Å². The fourth-order valence-corrected chi connectivity index (χ4v) is 7.72. The Morgan fingerprint density at radius 1 is 0.480 bits per heavy atom. The second-order valence-electron chi connectivity index (χ2n) is 13.5. The van der Waals surface area contributed by atoms with Crippen LogP contribution in [0.2, 0.25) is 0 Å². The van der Waals surface area contributed by atoms with Gasteiger partial charge in [-0.15, -0.1) is 0 Å². The van der Waals surface area contributed by atoms with E-state index >= 15 is 0 Å². The number of fused-ring (bicyclic) bond motifs is 6. The second kappa shape index (κ2) is 11.3. The predicted octanol–water partition coefficient (Wildman–Crippen LogP) is 11.7. The molecule has 9 aromatic rings. The van der Waals surface area contributed by atoms with Crippen molar-refractivity contribution in [2.24, 2.45) is 0 Å². The maximum atomic E-state index is 11.3. The minimum absolute atomic E-state index is 0.610. The van der Waals surface area contributed by atoms with E-state index in [-0.39, 0.29) is 0 Å². The monoisotopic (exact) mass is 642 g/mol. The van der Waals surface area contributed by atoms with Crippen molar-refractivity contribution >= 4 is 43.6 Å². The fraction of sp³-hybridized carbons (Fsp3) is 0.0870. The van der Waals surface area contributed by atoms with E-state index in [1.54, 1.807) is 0 Å². The molecule has 4 nitrogen and oxygen atoms in total. The minimum Gasteiger partial charge on any atom is -0.308 e. The van der Waals surface area contributed by atoms with Gasteiger partial charge in [0.05, 0.1) is 39.1 Å². The van der Waals surface area contributed by atoms with Crippen molar-refractivity contribution in [3.63, 3.8) is 0 Å². The molecule has 6 aromatic carbocycles. The van der Waals surface area contributed by atoms with E-state index in [1.807, 2.05) is 30.5 Å². The minimum atomic E-state index is 0.610. The van der Waals surface area contributed by atoms with E-state index in [9.17, 15) is 5.26 Å². The lowest BCUT2D eigenvalue weighted by Crippen LogP contribution is -2.05. The first-order chi connectivity index (χ1) is 24.4. The molecule has 0 saturated heterocycles. The third-order valence-corrected chi connectivity index (χ3v) is 10.0. The van der Waals surface area contributed by atoms with Crippen LogP contribution < -0.4 is 0 Å². The van der Waals surface area contributed by atoms with Crippen molar-refractivity contribution in [3.8, 4) is 39.8 Å². The summed E-state index contributed by atoms with van der Waals surface area (Å²) in [6.45, 7) is 8.54. The van der Waals surface area contributed by atoms with Gasteiger partial charge in [-0.3, -0.25) is 4.98 Å². The molecule has 0 fully saturated rings. The topological polar surface area (TPSA) is 46.5 Å². The predicted molar refractivity (Wildman–Crippen MR) is 207 cm³/mol. The third kappa shape index (κ3) is 4.55. The average molecular weight is 643 g/mol. The van der Waals surface area contributed by atoms with Crippen LogP contribution in [0.25, 0.3) is 77.4 Å². The maximum Gasteiger partial charge on any atom is 0.104 e. The van der Waals surface area contributed by atoms with Gasteiger partial charge in [0.2, 0.25) is 0 Å². The van der Waals surface area contributed by atoms with Crippen LogP contribution in [-0.4, -0.2) is 14.1 Å². The zero-order chi connectivity index (χ0) is 34.1. The van der Waals surface area contributed by atoms with Crippen LogP contribution in [0.4, 0.5) is 0 Å². The van der Waals surface area contributed by atoms with Gasteiger partial charge in [-0.1, -0.05) is 82.9 Å². The Bertz CT molecular complexity index is 2600. The first kappa shape index (κ1) is 29.7. The van der Waals surface area contributed by atoms with Crippen molar-refractivity contribution < 1.29 is 0 Å². The Labute approximate surface area is 291 Å². The van der Waals surface area contributed by atoms with Gasteiger partial charge >= 0.3 is 0 Å². The van der Waals surface area contributed by atoms with Crippen LogP contribution in [0.5, 0.6) is 0 Å². The Kier molecular flexibility index (Phi) is 6.72. The van der Waals surface area contributed by atoms with E-state index < -0.39 is 0 Å². The van der Waals surface area contributed by atoms with Gasteiger partial charge in [0.25, 0.3) is 0 Å². The summed E-state index contributed by atoms with van der Waals surface area (Å²) < 4.78 is 4.58. The second-order valence-corrected chi connectivity index (χ2v) is 13.5. The molecule has 238 valence electrons. The highest BCUT2D eigenvalue weighted by Gasteiger charge is 2.23. The summed E-state index contributed by atoms with van der Waals surface area (Å²) in [6, 6.07) is 48.0. The maximum absolute atomic E-state index is 11.3. The molecule has 0 saturated carbocycles. The number of aryl methyl sites for hydroxylation is 4. The largest absolute Gasteiger partial charge is 0.308 e. The van der Waals surface area contributed by atoms with Crippen LogP contribution in [0, 0.1) is 39.0 Å². The van der Waals surface area contributed by atoms with Crippen LogP contribution in [-0.2, 0) is 0 Å². The zero-order valence-corrected chi connectivity index (χ0v) is 28.5. The van der Waals surface area contributed by atoms with Crippen LogP contribution in [0.1, 0.15) is 27.8 Å². The highest BCUT2D eigenvalue weighted by Crippen LogP contribution is 2.42. The molecule has 4 heteroatoms. The van der Waals surface area contributed by atoms with E-state index in [0.29, 0.717) is 5.56 Å². The average Bonchev–Trinajstić information content (AvgIpc) is 3.62. The smallest absolute Gasteiger partial charge is 0.104 e. The first-order valence-corrected chi connectivity index (χ1v) is 17.0. The quantitative estimate of drug-likeness (QED) is 0.192. The number of pyridine rings is 1. The molecule has 0 radical (unpaired) electrons. The number of rotatable bonds is 4. The van der Waals surface area contributed by atoms with Gasteiger partial charge in [-0.05, 0) is 100.0 Å². The van der Waals surface area contributed by atoms with Gasteiger partial charge in [0.1, 0.15) is 11.6 Å². The standard InChI is InChI=1S/C46H34N4/c1-28-12-16-40-35(21-28)36-22-29(2)13-17-41(36)49(40)44-25-33(34-11-8-20-48-46(34)32-9-6-5-7-10-32)26-45(39(44)27-47)50-42-18-14-30(3)23-37(42)38-24-31(4)15-19-43(38)50/h5-26H,1-4H3. The van der Waals surface area contributed by atoms with Gasteiger partial charge in [-0.25, -0.2) is 0 Å². The summed E-state index contributed by atoms with van der Waals surface area (Å²) in [5.74, 6) is 0. The molecule has 0 bridgehead atoms. The number of nitriles is 1. The lowest BCUT2D eigenvalue weighted by Gasteiger charge is -2.19. The Morgan fingerprint density at radius 2 is 0.920 bits per heavy atom. The third-order valence-electron chi connectivity index (χ3n) is 10.0. The molecule has 0 N–H and O–H groups in total. The van der Waals surface area contributed by atoms with Crippen molar-refractivity contribution in [2.45, 2.75) is 27.7 Å². The highest BCUT2D eigenvalue weighted by atomic mass is 15.0. The zero-order valence-electron chi connectivity index (χ0n) is 28.5. The number of nitrogens with zero attached hydrogens (tertiary/aromatic N) is 4. The SMILES string of the molecule is Cc1ccc2c(c1)c1cc(C)ccc1n2-c1cc(-c2cccnc2-c2ccccc2)cc(-n2c3ccc(C)cc3c3cc(C)ccc32)c1C#N. The van der Waals surface area contributed by atoms with Gasteiger partial charge < -0.3 is 9.13 Å². The molecule has 0 atom stereocenters. The van der Waals surface area contributed by atoms with Gasteiger partial charge in [-0.2, -0.15) is 5.26 Å². The molecule has 0 spiro atoms. The molecule has 0 aliphatic carbocycles. The Hall–Kier alpha value is -6.44. The van der Waals surface area contributed by atoms with E-state index in [0.717, 1.165) is 55.8 Å². The van der Waals surface area contributed by atoms with E-state index in [4.69, 9.17) is 4.98 Å². The molecule has 0 aliphatic rings. The number of aromatic nitrogens is 3. The van der Waals surface area contributed by atoms with Gasteiger partial charge in [0.15, 0.2) is 0 Å². The molecule has 3 aromatic heterocycles. The molecule has 50 heavy (non-hydrogen) atoms. The van der Waals surface area contributed by atoms with Crippen LogP contribution in [0.3, 0.4) is 0 Å². The molecule has 9 rings (SSSR count). The molecule has 3 heterocycles.